The van der Waals surface area contributed by atoms with E-state index in [1.807, 2.05) is 79.9 Å². The largest absolute Gasteiger partial charge is 0.497 e. The molecule has 2 heterocycles. The summed E-state index contributed by atoms with van der Waals surface area (Å²) in [5.74, 6) is 1.49. The molecule has 0 aliphatic carbocycles. The molecule has 0 unspecified atom stereocenters. The number of carbonyl (C=O) groups excluding carboxylic acids is 1. The van der Waals surface area contributed by atoms with E-state index >= 15 is 0 Å². The maximum absolute atomic E-state index is 12.8. The predicted molar refractivity (Wildman–Crippen MR) is 133 cm³/mol. The van der Waals surface area contributed by atoms with Gasteiger partial charge in [0.1, 0.15) is 11.6 Å². The molecule has 9 heteroatoms. The highest BCUT2D eigenvalue weighted by molar-refractivity contribution is 8.00. The van der Waals surface area contributed by atoms with E-state index in [0.717, 1.165) is 33.4 Å². The molecule has 1 amide bonds. The Bertz CT molecular complexity index is 1220. The van der Waals surface area contributed by atoms with Crippen LogP contribution >= 0.6 is 23.1 Å². The van der Waals surface area contributed by atoms with Crippen LogP contribution in [0.4, 0.5) is 5.13 Å². The van der Waals surface area contributed by atoms with Gasteiger partial charge < -0.3 is 10.1 Å². The Kier molecular flexibility index (Phi) is 7.10. The fourth-order valence-electron chi connectivity index (χ4n) is 3.20. The third kappa shape index (κ3) is 5.43. The lowest BCUT2D eigenvalue weighted by atomic mass is 10.1. The summed E-state index contributed by atoms with van der Waals surface area (Å²) in [6, 6.07) is 17.8. The van der Waals surface area contributed by atoms with Gasteiger partial charge in [-0.2, -0.15) is 0 Å². The van der Waals surface area contributed by atoms with Crippen LogP contribution in [0.3, 0.4) is 0 Å². The van der Waals surface area contributed by atoms with Crippen molar-refractivity contribution < 1.29 is 9.53 Å². The van der Waals surface area contributed by atoms with Gasteiger partial charge in [0.2, 0.25) is 5.91 Å². The van der Waals surface area contributed by atoms with Gasteiger partial charge in [0.15, 0.2) is 10.3 Å². The second kappa shape index (κ2) is 10.2. The third-order valence-electron chi connectivity index (χ3n) is 5.15. The molecule has 1 N–H and O–H groups in total. The van der Waals surface area contributed by atoms with Gasteiger partial charge in [-0.05, 0) is 50.6 Å². The Morgan fingerprint density at radius 2 is 1.85 bits per heavy atom. The van der Waals surface area contributed by atoms with Gasteiger partial charge in [-0.3, -0.25) is 9.36 Å². The number of para-hydroxylation sites is 1. The molecule has 2 aromatic carbocycles. The average Bonchev–Trinajstić information content (AvgIpc) is 3.36. The normalized spacial score (nSPS) is 11.9. The first-order valence-corrected chi connectivity index (χ1v) is 12.2. The molecular formula is C24H25N5O2S2. The van der Waals surface area contributed by atoms with Crippen LogP contribution in [-0.2, 0) is 11.2 Å². The number of ether oxygens (including phenoxy) is 1. The zero-order valence-electron chi connectivity index (χ0n) is 18.9. The number of hydrogen-bond acceptors (Lipinski definition) is 7. The number of thiazole rings is 1. The molecule has 4 rings (SSSR count). The number of rotatable bonds is 8. The predicted octanol–water partition coefficient (Wildman–Crippen LogP) is 5.06. The zero-order valence-corrected chi connectivity index (χ0v) is 20.5. The molecule has 2 aromatic heterocycles. The first kappa shape index (κ1) is 23.0. The van der Waals surface area contributed by atoms with Crippen LogP contribution in [-0.4, -0.2) is 38.0 Å². The van der Waals surface area contributed by atoms with Crippen LogP contribution in [0.25, 0.3) is 5.69 Å². The molecule has 0 aliphatic heterocycles. The van der Waals surface area contributed by atoms with Gasteiger partial charge in [0, 0.05) is 17.0 Å². The Morgan fingerprint density at radius 3 is 2.48 bits per heavy atom. The zero-order chi connectivity index (χ0) is 23.4. The smallest absolute Gasteiger partial charge is 0.239 e. The summed E-state index contributed by atoms with van der Waals surface area (Å²) in [6.45, 7) is 5.79. The van der Waals surface area contributed by atoms with Crippen molar-refractivity contribution >= 4 is 34.1 Å². The number of nitrogens with one attached hydrogen (secondary N) is 1. The van der Waals surface area contributed by atoms with E-state index in [9.17, 15) is 4.79 Å². The van der Waals surface area contributed by atoms with Gasteiger partial charge in [0.05, 0.1) is 18.1 Å². The van der Waals surface area contributed by atoms with Crippen molar-refractivity contribution in [1.82, 2.24) is 19.7 Å². The number of methoxy groups -OCH3 is 1. The monoisotopic (exact) mass is 479 g/mol. The highest BCUT2D eigenvalue weighted by Crippen LogP contribution is 2.28. The van der Waals surface area contributed by atoms with Crippen LogP contribution in [0.1, 0.15) is 28.9 Å². The van der Waals surface area contributed by atoms with Gasteiger partial charge in [-0.15, -0.1) is 21.5 Å². The maximum Gasteiger partial charge on any atom is 0.239 e. The molecule has 33 heavy (non-hydrogen) atoms. The van der Waals surface area contributed by atoms with Crippen molar-refractivity contribution in [2.45, 2.75) is 37.6 Å². The summed E-state index contributed by atoms with van der Waals surface area (Å²) < 4.78 is 7.27. The average molecular weight is 480 g/mol. The number of aryl methyl sites for hydroxylation is 2. The highest BCUT2D eigenvalue weighted by atomic mass is 32.2. The van der Waals surface area contributed by atoms with E-state index in [0.29, 0.717) is 16.7 Å². The summed E-state index contributed by atoms with van der Waals surface area (Å²) >= 11 is 2.85. The van der Waals surface area contributed by atoms with Crippen LogP contribution in [0.2, 0.25) is 0 Å². The number of aromatic nitrogens is 4. The van der Waals surface area contributed by atoms with Crippen molar-refractivity contribution in [2.24, 2.45) is 0 Å². The summed E-state index contributed by atoms with van der Waals surface area (Å²) in [5.41, 5.74) is 2.98. The molecule has 7 nitrogen and oxygen atoms in total. The minimum Gasteiger partial charge on any atom is -0.497 e. The highest BCUT2D eigenvalue weighted by Gasteiger charge is 2.22. The first-order chi connectivity index (χ1) is 15.9. The van der Waals surface area contributed by atoms with E-state index in [1.165, 1.54) is 23.1 Å². The SMILES string of the molecule is COc1ccc(Cc2nnc(S[C@H](C)C(=O)Nc3nc(C)c(C)s3)n2-c2ccccc2)cc1. The first-order valence-electron chi connectivity index (χ1n) is 10.5. The second-order valence-corrected chi connectivity index (χ2v) is 10.0. The maximum atomic E-state index is 12.8. The summed E-state index contributed by atoms with van der Waals surface area (Å²) in [5, 5.41) is 12.7. The number of thioether (sulfide) groups is 1. The molecule has 0 radical (unpaired) electrons. The Balaban J connectivity index is 1.57. The van der Waals surface area contributed by atoms with Crippen molar-refractivity contribution in [3.8, 4) is 11.4 Å². The van der Waals surface area contributed by atoms with Gasteiger partial charge in [-0.1, -0.05) is 42.1 Å². The number of hydrogen-bond donors (Lipinski definition) is 1. The minimum absolute atomic E-state index is 0.118. The fraction of sp³-hybridized carbons (Fsp3) is 0.250. The Morgan fingerprint density at radius 1 is 1.12 bits per heavy atom. The van der Waals surface area contributed by atoms with E-state index in [4.69, 9.17) is 4.74 Å². The molecule has 0 aliphatic rings. The number of nitrogens with zero attached hydrogens (tertiary/aromatic N) is 4. The van der Waals surface area contributed by atoms with E-state index < -0.39 is 0 Å². The lowest BCUT2D eigenvalue weighted by Gasteiger charge is -2.13. The van der Waals surface area contributed by atoms with Crippen LogP contribution in [0.15, 0.2) is 59.8 Å². The molecule has 0 fully saturated rings. The number of carbonyl (C=O) groups is 1. The summed E-state index contributed by atoms with van der Waals surface area (Å²) in [4.78, 5) is 18.3. The quantitative estimate of drug-likeness (QED) is 0.356. The van der Waals surface area contributed by atoms with Crippen molar-refractivity contribution in [1.29, 1.82) is 0 Å². The van der Waals surface area contributed by atoms with Gasteiger partial charge in [0.25, 0.3) is 0 Å². The van der Waals surface area contributed by atoms with Crippen LogP contribution in [0.5, 0.6) is 5.75 Å². The standard InChI is InChI=1S/C24H25N5O2S2/c1-15-16(2)32-23(25-15)26-22(30)17(3)33-24-28-27-21(29(24)19-8-6-5-7-9-19)14-18-10-12-20(31-4)13-11-18/h5-13,17H,14H2,1-4H3,(H,25,26,30)/t17-/m1/s1. The second-order valence-electron chi connectivity index (χ2n) is 7.50. The Labute approximate surface area is 201 Å². The van der Waals surface area contributed by atoms with E-state index in [1.54, 1.807) is 7.11 Å². The topological polar surface area (TPSA) is 81.9 Å². The minimum atomic E-state index is -0.380. The van der Waals surface area contributed by atoms with Crippen molar-refractivity contribution in [2.75, 3.05) is 12.4 Å². The number of anilines is 1. The molecule has 170 valence electrons. The fourth-order valence-corrected chi connectivity index (χ4v) is 4.90. The van der Waals surface area contributed by atoms with Crippen molar-refractivity contribution in [3.63, 3.8) is 0 Å². The van der Waals surface area contributed by atoms with Crippen molar-refractivity contribution in [3.05, 3.63) is 76.6 Å². The molecule has 1 atom stereocenters. The molecular weight excluding hydrogens is 454 g/mol. The van der Waals surface area contributed by atoms with Gasteiger partial charge >= 0.3 is 0 Å². The molecule has 4 aromatic rings. The van der Waals surface area contributed by atoms with E-state index in [-0.39, 0.29) is 11.2 Å². The third-order valence-corrected chi connectivity index (χ3v) is 7.18. The van der Waals surface area contributed by atoms with E-state index in [2.05, 4.69) is 20.5 Å². The molecule has 0 bridgehead atoms. The Hall–Kier alpha value is -3.17. The number of amides is 1. The molecule has 0 saturated carbocycles. The number of benzene rings is 2. The molecule has 0 spiro atoms. The lowest BCUT2D eigenvalue weighted by Crippen LogP contribution is -2.22. The summed E-state index contributed by atoms with van der Waals surface area (Å²) in [6.07, 6.45) is 0.602. The van der Waals surface area contributed by atoms with Gasteiger partial charge in [-0.25, -0.2) is 4.98 Å². The van der Waals surface area contributed by atoms with Crippen LogP contribution in [0, 0.1) is 13.8 Å². The molecule has 0 saturated heterocycles. The van der Waals surface area contributed by atoms with Crippen LogP contribution < -0.4 is 10.1 Å². The lowest BCUT2D eigenvalue weighted by molar-refractivity contribution is -0.115. The summed E-state index contributed by atoms with van der Waals surface area (Å²) in [7, 11) is 1.65.